The predicted octanol–water partition coefficient (Wildman–Crippen LogP) is 2.64. The molecule has 1 saturated heterocycles. The first-order valence-electron chi connectivity index (χ1n) is 8.12. The number of nitrogens with zero attached hydrogens (tertiary/aromatic N) is 3. The van der Waals surface area contributed by atoms with Crippen LogP contribution in [0.5, 0.6) is 0 Å². The van der Waals surface area contributed by atoms with E-state index in [1.165, 1.54) is 0 Å². The zero-order valence-corrected chi connectivity index (χ0v) is 13.7. The Hall–Kier alpha value is -2.14. The Bertz CT molecular complexity index is 653. The molecule has 0 radical (unpaired) electrons. The lowest BCUT2D eigenvalue weighted by molar-refractivity contribution is -0.136. The first-order valence-corrected chi connectivity index (χ1v) is 8.12. The standard InChI is InChI=1S/C18H23N3O2/c1-3-21-13-15(11-19-21)17-16(9-10-23-17)18(22)20(2)12-14-7-5-4-6-8-14/h4-8,11,13,16-17H,3,9-10,12H2,1-2H3/t16-,17+/m0/s1. The minimum absolute atomic E-state index is 0.127. The molecule has 1 aliphatic rings. The lowest BCUT2D eigenvalue weighted by Gasteiger charge is -2.24. The first kappa shape index (κ1) is 15.7. The van der Waals surface area contributed by atoms with Crippen molar-refractivity contribution in [2.75, 3.05) is 13.7 Å². The van der Waals surface area contributed by atoms with Gasteiger partial charge in [0.2, 0.25) is 5.91 Å². The van der Waals surface area contributed by atoms with Crippen LogP contribution in [0.3, 0.4) is 0 Å². The third-order valence-electron chi connectivity index (χ3n) is 4.35. The molecule has 3 rings (SSSR count). The molecule has 1 aromatic heterocycles. The topological polar surface area (TPSA) is 47.4 Å². The van der Waals surface area contributed by atoms with E-state index in [2.05, 4.69) is 5.10 Å². The highest BCUT2D eigenvalue weighted by Crippen LogP contribution is 2.35. The Morgan fingerprint density at radius 1 is 1.39 bits per heavy atom. The molecular weight excluding hydrogens is 290 g/mol. The molecule has 1 aromatic carbocycles. The zero-order chi connectivity index (χ0) is 16.2. The van der Waals surface area contributed by atoms with E-state index in [0.29, 0.717) is 13.2 Å². The largest absolute Gasteiger partial charge is 0.373 e. The smallest absolute Gasteiger partial charge is 0.228 e. The fourth-order valence-corrected chi connectivity index (χ4v) is 3.09. The molecule has 1 amide bonds. The van der Waals surface area contributed by atoms with Crippen LogP contribution in [-0.2, 0) is 22.6 Å². The summed E-state index contributed by atoms with van der Waals surface area (Å²) in [7, 11) is 1.86. The van der Waals surface area contributed by atoms with Crippen LogP contribution in [0.15, 0.2) is 42.7 Å². The molecule has 1 aliphatic heterocycles. The monoisotopic (exact) mass is 313 g/mol. The van der Waals surface area contributed by atoms with Crippen molar-refractivity contribution in [3.05, 3.63) is 53.9 Å². The number of carbonyl (C=O) groups excluding carboxylic acids is 1. The number of amides is 1. The van der Waals surface area contributed by atoms with Crippen molar-refractivity contribution < 1.29 is 9.53 Å². The molecule has 5 nitrogen and oxygen atoms in total. The molecule has 2 atom stereocenters. The zero-order valence-electron chi connectivity index (χ0n) is 13.7. The highest BCUT2D eigenvalue weighted by Gasteiger charge is 2.37. The maximum atomic E-state index is 12.8. The Kier molecular flexibility index (Phi) is 4.76. The minimum Gasteiger partial charge on any atom is -0.373 e. The van der Waals surface area contributed by atoms with Crippen molar-refractivity contribution in [1.29, 1.82) is 0 Å². The summed E-state index contributed by atoms with van der Waals surface area (Å²) in [5.41, 5.74) is 2.13. The van der Waals surface area contributed by atoms with E-state index in [0.717, 1.165) is 24.1 Å². The van der Waals surface area contributed by atoms with Gasteiger partial charge in [0.1, 0.15) is 0 Å². The minimum atomic E-state index is -0.180. The molecule has 0 spiro atoms. The van der Waals surface area contributed by atoms with Gasteiger partial charge in [-0.2, -0.15) is 5.10 Å². The van der Waals surface area contributed by atoms with E-state index in [1.807, 2.05) is 61.4 Å². The van der Waals surface area contributed by atoms with Crippen LogP contribution in [-0.4, -0.2) is 34.2 Å². The summed E-state index contributed by atoms with van der Waals surface area (Å²) < 4.78 is 7.70. The van der Waals surface area contributed by atoms with Gasteiger partial charge >= 0.3 is 0 Å². The predicted molar refractivity (Wildman–Crippen MR) is 87.6 cm³/mol. The van der Waals surface area contributed by atoms with Crippen molar-refractivity contribution in [3.63, 3.8) is 0 Å². The van der Waals surface area contributed by atoms with Gasteiger partial charge in [-0.25, -0.2) is 0 Å². The number of aryl methyl sites for hydroxylation is 1. The normalized spacial score (nSPS) is 20.6. The quantitative estimate of drug-likeness (QED) is 0.852. The Morgan fingerprint density at radius 3 is 2.87 bits per heavy atom. The van der Waals surface area contributed by atoms with Crippen LogP contribution >= 0.6 is 0 Å². The van der Waals surface area contributed by atoms with Crippen LogP contribution in [0.4, 0.5) is 0 Å². The van der Waals surface area contributed by atoms with E-state index in [4.69, 9.17) is 4.74 Å². The lowest BCUT2D eigenvalue weighted by atomic mass is 9.96. The summed E-state index contributed by atoms with van der Waals surface area (Å²) >= 11 is 0. The van der Waals surface area contributed by atoms with Crippen LogP contribution in [0.1, 0.15) is 30.6 Å². The molecule has 0 N–H and O–H groups in total. The van der Waals surface area contributed by atoms with Gasteiger partial charge in [-0.15, -0.1) is 0 Å². The second-order valence-corrected chi connectivity index (χ2v) is 6.00. The molecule has 0 unspecified atom stereocenters. The molecular formula is C18H23N3O2. The van der Waals surface area contributed by atoms with Gasteiger partial charge in [-0.3, -0.25) is 9.48 Å². The van der Waals surface area contributed by atoms with Crippen LogP contribution < -0.4 is 0 Å². The summed E-state index contributed by atoms with van der Waals surface area (Å²) in [6.07, 6.45) is 4.38. The van der Waals surface area contributed by atoms with Crippen molar-refractivity contribution in [1.82, 2.24) is 14.7 Å². The van der Waals surface area contributed by atoms with E-state index >= 15 is 0 Å². The Balaban J connectivity index is 1.70. The van der Waals surface area contributed by atoms with E-state index < -0.39 is 0 Å². The summed E-state index contributed by atoms with van der Waals surface area (Å²) in [6, 6.07) is 10.1. The van der Waals surface area contributed by atoms with Gasteiger partial charge in [-0.05, 0) is 18.9 Å². The first-order chi connectivity index (χ1) is 11.2. The van der Waals surface area contributed by atoms with Crippen LogP contribution in [0.25, 0.3) is 0 Å². The van der Waals surface area contributed by atoms with Gasteiger partial charge in [-0.1, -0.05) is 30.3 Å². The van der Waals surface area contributed by atoms with Crippen LogP contribution in [0, 0.1) is 5.92 Å². The molecule has 0 bridgehead atoms. The molecule has 2 aromatic rings. The molecule has 23 heavy (non-hydrogen) atoms. The number of hydrogen-bond acceptors (Lipinski definition) is 3. The van der Waals surface area contributed by atoms with E-state index in [1.54, 1.807) is 4.90 Å². The highest BCUT2D eigenvalue weighted by molar-refractivity contribution is 5.79. The summed E-state index contributed by atoms with van der Waals surface area (Å²) in [4.78, 5) is 14.6. The number of aromatic nitrogens is 2. The molecule has 1 fully saturated rings. The fourth-order valence-electron chi connectivity index (χ4n) is 3.09. The van der Waals surface area contributed by atoms with Gasteiger partial charge in [0.15, 0.2) is 0 Å². The fraction of sp³-hybridized carbons (Fsp3) is 0.444. The number of hydrogen-bond donors (Lipinski definition) is 0. The van der Waals surface area contributed by atoms with E-state index in [9.17, 15) is 4.79 Å². The second kappa shape index (κ2) is 6.96. The Morgan fingerprint density at radius 2 is 2.17 bits per heavy atom. The van der Waals surface area contributed by atoms with Crippen molar-refractivity contribution in [3.8, 4) is 0 Å². The molecule has 0 saturated carbocycles. The number of carbonyl (C=O) groups is 1. The molecule has 5 heteroatoms. The van der Waals surface area contributed by atoms with Crippen LogP contribution in [0.2, 0.25) is 0 Å². The summed E-state index contributed by atoms with van der Waals surface area (Å²) in [5, 5.41) is 4.30. The average molecular weight is 313 g/mol. The highest BCUT2D eigenvalue weighted by atomic mass is 16.5. The van der Waals surface area contributed by atoms with Gasteiger partial charge in [0, 0.05) is 38.5 Å². The second-order valence-electron chi connectivity index (χ2n) is 6.00. The molecule has 2 heterocycles. The SMILES string of the molecule is CCn1cc([C@H]2OCC[C@@H]2C(=O)N(C)Cc2ccccc2)cn1. The van der Waals surface area contributed by atoms with Gasteiger partial charge < -0.3 is 9.64 Å². The third kappa shape index (κ3) is 3.45. The molecule has 122 valence electrons. The van der Waals surface area contributed by atoms with Crippen molar-refractivity contribution in [2.24, 2.45) is 5.92 Å². The lowest BCUT2D eigenvalue weighted by Crippen LogP contribution is -2.33. The number of rotatable bonds is 5. The number of benzene rings is 1. The van der Waals surface area contributed by atoms with Crippen molar-refractivity contribution >= 4 is 5.91 Å². The maximum Gasteiger partial charge on any atom is 0.228 e. The van der Waals surface area contributed by atoms with E-state index in [-0.39, 0.29) is 17.9 Å². The Labute approximate surface area is 136 Å². The summed E-state index contributed by atoms with van der Waals surface area (Å²) in [6.45, 7) is 4.11. The maximum absolute atomic E-state index is 12.8. The van der Waals surface area contributed by atoms with Gasteiger partial charge in [0.25, 0.3) is 0 Å². The van der Waals surface area contributed by atoms with Crippen molar-refractivity contribution in [2.45, 2.75) is 32.5 Å². The van der Waals surface area contributed by atoms with Gasteiger partial charge in [0.05, 0.1) is 18.2 Å². The molecule has 0 aliphatic carbocycles. The summed E-state index contributed by atoms with van der Waals surface area (Å²) in [5.74, 6) is 0.0128. The number of ether oxygens (including phenoxy) is 1. The average Bonchev–Trinajstić information content (AvgIpc) is 3.23. The third-order valence-corrected chi connectivity index (χ3v) is 4.35.